The van der Waals surface area contributed by atoms with Crippen LogP contribution in [-0.2, 0) is 4.79 Å². The quantitative estimate of drug-likeness (QED) is 0.694. The number of aliphatic hydroxyl groups excluding tert-OH is 1. The molecule has 1 fully saturated rings. The van der Waals surface area contributed by atoms with Crippen LogP contribution in [0.2, 0.25) is 0 Å². The molecule has 2 heteroatoms. The maximum absolute atomic E-state index is 9.88. The molecular formula is C10H20O2. The molecule has 0 heterocycles. The molecule has 0 aliphatic heterocycles. The molecule has 12 heavy (non-hydrogen) atoms. The Balaban J connectivity index is 0.000000202. The van der Waals surface area contributed by atoms with E-state index in [0.717, 1.165) is 0 Å². The van der Waals surface area contributed by atoms with Gasteiger partial charge in [-0.05, 0) is 6.92 Å². The predicted octanol–water partition coefficient (Wildman–Crippen LogP) is 2.30. The molecular weight excluding hydrogens is 152 g/mol. The largest absolute Gasteiger partial charge is 0.396 e. The third-order valence-corrected chi connectivity index (χ3v) is 1.96. The molecule has 0 unspecified atom stereocenters. The van der Waals surface area contributed by atoms with E-state index in [-0.39, 0.29) is 12.4 Å². The Bertz CT molecular complexity index is 94.9. The molecule has 0 aromatic heterocycles. The van der Waals surface area contributed by atoms with Gasteiger partial charge in [-0.3, -0.25) is 4.79 Å². The normalized spacial score (nSPS) is 16.2. The maximum Gasteiger partial charge on any atom is 0.132 e. The minimum absolute atomic E-state index is 0.0185. The van der Waals surface area contributed by atoms with Crippen LogP contribution in [0.1, 0.15) is 51.9 Å². The summed E-state index contributed by atoms with van der Waals surface area (Å²) < 4.78 is 0. The lowest BCUT2D eigenvalue weighted by Gasteiger charge is -2.05. The molecule has 1 N–H and O–H groups in total. The van der Waals surface area contributed by atoms with Crippen LogP contribution in [0.3, 0.4) is 0 Å². The Labute approximate surface area is 75.0 Å². The lowest BCUT2D eigenvalue weighted by Crippen LogP contribution is -1.92. The van der Waals surface area contributed by atoms with E-state index < -0.39 is 0 Å². The first kappa shape index (κ1) is 11.6. The Kier molecular flexibility index (Phi) is 8.46. The molecule has 0 aromatic rings. The minimum atomic E-state index is -0.0185. The Morgan fingerprint density at radius 1 is 1.08 bits per heavy atom. The summed E-state index contributed by atoms with van der Waals surface area (Å²) in [4.78, 5) is 9.88. The standard InChI is InChI=1S/C6H12.C4H8O2/c1-2-4-6-5-3-1;1-4(6)2-3-5/h1-6H2;5H,2-3H2,1H3. The molecule has 0 amide bonds. The van der Waals surface area contributed by atoms with Gasteiger partial charge in [-0.25, -0.2) is 0 Å². The van der Waals surface area contributed by atoms with E-state index in [0.29, 0.717) is 6.42 Å². The highest BCUT2D eigenvalue weighted by atomic mass is 16.3. The highest BCUT2D eigenvalue weighted by Gasteiger charge is 1.95. The van der Waals surface area contributed by atoms with E-state index >= 15 is 0 Å². The van der Waals surface area contributed by atoms with Gasteiger partial charge in [0.1, 0.15) is 5.78 Å². The molecule has 2 nitrogen and oxygen atoms in total. The second kappa shape index (κ2) is 8.72. The Morgan fingerprint density at radius 2 is 1.42 bits per heavy atom. The summed E-state index contributed by atoms with van der Waals surface area (Å²) in [5, 5.41) is 8.02. The van der Waals surface area contributed by atoms with Gasteiger partial charge in [0, 0.05) is 13.0 Å². The molecule has 0 saturated heterocycles. The van der Waals surface area contributed by atoms with Crippen LogP contribution in [0, 0.1) is 0 Å². The average Bonchev–Trinajstić information content (AvgIpc) is 2.08. The van der Waals surface area contributed by atoms with E-state index in [1.54, 1.807) is 0 Å². The summed E-state index contributed by atoms with van der Waals surface area (Å²) in [6.45, 7) is 1.44. The average molecular weight is 172 g/mol. The fraction of sp³-hybridized carbons (Fsp3) is 0.900. The third-order valence-electron chi connectivity index (χ3n) is 1.96. The van der Waals surface area contributed by atoms with E-state index in [1.807, 2.05) is 0 Å². The fourth-order valence-electron chi connectivity index (χ4n) is 1.22. The zero-order valence-electron chi connectivity index (χ0n) is 8.01. The second-order valence-electron chi connectivity index (χ2n) is 3.30. The summed E-state index contributed by atoms with van der Waals surface area (Å²) in [7, 11) is 0. The van der Waals surface area contributed by atoms with E-state index in [1.165, 1.54) is 45.4 Å². The highest BCUT2D eigenvalue weighted by molar-refractivity contribution is 5.75. The van der Waals surface area contributed by atoms with Gasteiger partial charge in [0.25, 0.3) is 0 Å². The fourth-order valence-corrected chi connectivity index (χ4v) is 1.22. The Morgan fingerprint density at radius 3 is 1.50 bits per heavy atom. The first-order valence-electron chi connectivity index (χ1n) is 4.87. The molecule has 72 valence electrons. The van der Waals surface area contributed by atoms with Crippen molar-refractivity contribution < 1.29 is 9.90 Å². The smallest absolute Gasteiger partial charge is 0.132 e. The van der Waals surface area contributed by atoms with Gasteiger partial charge in [0.2, 0.25) is 0 Å². The first-order valence-corrected chi connectivity index (χ1v) is 4.87. The van der Waals surface area contributed by atoms with Crippen LogP contribution in [0.15, 0.2) is 0 Å². The van der Waals surface area contributed by atoms with Gasteiger partial charge < -0.3 is 5.11 Å². The molecule has 1 aliphatic rings. The third kappa shape index (κ3) is 9.63. The summed E-state index contributed by atoms with van der Waals surface area (Å²) >= 11 is 0. The molecule has 0 radical (unpaired) electrons. The summed E-state index contributed by atoms with van der Waals surface area (Å²) in [5.41, 5.74) is 0. The van der Waals surface area contributed by atoms with Crippen molar-refractivity contribution in [3.63, 3.8) is 0 Å². The number of ketones is 1. The van der Waals surface area contributed by atoms with Crippen molar-refractivity contribution in [2.45, 2.75) is 51.9 Å². The van der Waals surface area contributed by atoms with Crippen molar-refractivity contribution in [1.82, 2.24) is 0 Å². The van der Waals surface area contributed by atoms with Crippen molar-refractivity contribution in [1.29, 1.82) is 0 Å². The number of hydrogen-bond acceptors (Lipinski definition) is 2. The van der Waals surface area contributed by atoms with Crippen molar-refractivity contribution >= 4 is 5.78 Å². The summed E-state index contributed by atoms with van der Waals surface area (Å²) in [6.07, 6.45) is 9.29. The number of aliphatic hydroxyl groups is 1. The van der Waals surface area contributed by atoms with E-state index in [4.69, 9.17) is 5.11 Å². The number of carbonyl (C=O) groups excluding carboxylic acids is 1. The summed E-state index contributed by atoms with van der Waals surface area (Å²) in [6, 6.07) is 0. The first-order chi connectivity index (χ1) is 5.77. The van der Waals surface area contributed by atoms with Gasteiger partial charge in [-0.1, -0.05) is 38.5 Å². The van der Waals surface area contributed by atoms with Crippen molar-refractivity contribution in [3.8, 4) is 0 Å². The SMILES string of the molecule is C1CCCCC1.CC(=O)CCO. The van der Waals surface area contributed by atoms with Crippen LogP contribution < -0.4 is 0 Å². The lowest BCUT2D eigenvalue weighted by molar-refractivity contribution is -0.117. The molecule has 0 aromatic carbocycles. The van der Waals surface area contributed by atoms with Gasteiger partial charge in [0.05, 0.1) is 0 Å². The Hall–Kier alpha value is -0.370. The second-order valence-corrected chi connectivity index (χ2v) is 3.30. The van der Waals surface area contributed by atoms with Crippen LogP contribution in [0.4, 0.5) is 0 Å². The maximum atomic E-state index is 9.88. The number of carbonyl (C=O) groups is 1. The molecule has 0 bridgehead atoms. The minimum Gasteiger partial charge on any atom is -0.396 e. The number of Topliss-reactive ketones (excluding diaryl/α,β-unsaturated/α-hetero) is 1. The van der Waals surface area contributed by atoms with Crippen molar-refractivity contribution in [2.24, 2.45) is 0 Å². The van der Waals surface area contributed by atoms with Gasteiger partial charge >= 0.3 is 0 Å². The summed E-state index contributed by atoms with van der Waals surface area (Å²) in [5.74, 6) is 0.0394. The lowest BCUT2D eigenvalue weighted by atomic mass is 10.0. The zero-order valence-corrected chi connectivity index (χ0v) is 8.01. The van der Waals surface area contributed by atoms with Gasteiger partial charge in [-0.15, -0.1) is 0 Å². The van der Waals surface area contributed by atoms with Crippen LogP contribution in [0.5, 0.6) is 0 Å². The molecule has 0 atom stereocenters. The zero-order chi connectivity index (χ0) is 9.23. The predicted molar refractivity (Wildman–Crippen MR) is 50.1 cm³/mol. The van der Waals surface area contributed by atoms with Crippen molar-refractivity contribution in [2.75, 3.05) is 6.61 Å². The number of hydrogen-bond donors (Lipinski definition) is 1. The highest BCUT2D eigenvalue weighted by Crippen LogP contribution is 2.15. The van der Waals surface area contributed by atoms with E-state index in [2.05, 4.69) is 0 Å². The monoisotopic (exact) mass is 172 g/mol. The van der Waals surface area contributed by atoms with Crippen LogP contribution >= 0.6 is 0 Å². The molecule has 1 saturated carbocycles. The molecule has 0 spiro atoms. The molecule has 1 aliphatic carbocycles. The van der Waals surface area contributed by atoms with Crippen LogP contribution in [0.25, 0.3) is 0 Å². The van der Waals surface area contributed by atoms with Crippen LogP contribution in [-0.4, -0.2) is 17.5 Å². The van der Waals surface area contributed by atoms with E-state index in [9.17, 15) is 4.79 Å². The molecule has 1 rings (SSSR count). The van der Waals surface area contributed by atoms with Crippen molar-refractivity contribution in [3.05, 3.63) is 0 Å². The number of rotatable bonds is 2. The van der Waals surface area contributed by atoms with Gasteiger partial charge in [0.15, 0.2) is 0 Å². The van der Waals surface area contributed by atoms with Gasteiger partial charge in [-0.2, -0.15) is 0 Å². The topological polar surface area (TPSA) is 37.3 Å².